The molecule has 2 aromatic rings. The fraction of sp³-hybridized carbons (Fsp3) is 0.400. The number of carbonyl (C=O) groups excluding carboxylic acids is 1. The first-order valence-electron chi connectivity index (χ1n) is 10.6. The van der Waals surface area contributed by atoms with Crippen LogP contribution in [0.3, 0.4) is 0 Å². The Morgan fingerprint density at radius 2 is 1.81 bits per heavy atom. The summed E-state index contributed by atoms with van der Waals surface area (Å²) in [5.41, 5.74) is 2.87. The average Bonchev–Trinajstić information content (AvgIpc) is 3.12. The van der Waals surface area contributed by atoms with E-state index in [1.54, 1.807) is 26.4 Å². The van der Waals surface area contributed by atoms with Gasteiger partial charge in [0.2, 0.25) is 5.91 Å². The SMILES string of the molecule is COc1ccc(CCN(C)CCCN2CCC(=Cc3ccc(F)cc3)C2=O)cc1OC. The minimum absolute atomic E-state index is 0.0947. The Balaban J connectivity index is 1.42. The van der Waals surface area contributed by atoms with Crippen LogP contribution in [-0.4, -0.2) is 63.2 Å². The number of amides is 1. The summed E-state index contributed by atoms with van der Waals surface area (Å²) in [7, 11) is 5.39. The molecule has 0 spiro atoms. The molecule has 0 aromatic heterocycles. The van der Waals surface area contributed by atoms with E-state index in [-0.39, 0.29) is 11.7 Å². The molecule has 6 heteroatoms. The first-order chi connectivity index (χ1) is 15.0. The fourth-order valence-electron chi connectivity index (χ4n) is 3.77. The third-order valence-corrected chi connectivity index (χ3v) is 5.62. The highest BCUT2D eigenvalue weighted by molar-refractivity contribution is 5.99. The Bertz CT molecular complexity index is 911. The quantitative estimate of drug-likeness (QED) is 0.538. The molecule has 0 saturated carbocycles. The van der Waals surface area contributed by atoms with Gasteiger partial charge in [0.15, 0.2) is 11.5 Å². The van der Waals surface area contributed by atoms with Gasteiger partial charge in [-0.25, -0.2) is 4.39 Å². The summed E-state index contributed by atoms with van der Waals surface area (Å²) >= 11 is 0. The van der Waals surface area contributed by atoms with Crippen LogP contribution >= 0.6 is 0 Å². The summed E-state index contributed by atoms with van der Waals surface area (Å²) in [6.45, 7) is 3.36. The highest BCUT2D eigenvalue weighted by atomic mass is 19.1. The van der Waals surface area contributed by atoms with Gasteiger partial charge in [0.25, 0.3) is 0 Å². The lowest BCUT2D eigenvalue weighted by molar-refractivity contribution is -0.124. The van der Waals surface area contributed by atoms with Crippen molar-refractivity contribution in [2.24, 2.45) is 0 Å². The van der Waals surface area contributed by atoms with E-state index in [1.165, 1.54) is 17.7 Å². The predicted molar refractivity (Wildman–Crippen MR) is 121 cm³/mol. The molecule has 2 aromatic carbocycles. The summed E-state index contributed by atoms with van der Waals surface area (Å²) in [6, 6.07) is 12.3. The number of hydrogen-bond donors (Lipinski definition) is 0. The van der Waals surface area contributed by atoms with E-state index in [9.17, 15) is 9.18 Å². The van der Waals surface area contributed by atoms with Crippen LogP contribution < -0.4 is 9.47 Å². The van der Waals surface area contributed by atoms with Crippen LogP contribution in [0.1, 0.15) is 24.0 Å². The number of carbonyl (C=O) groups is 1. The highest BCUT2D eigenvalue weighted by Crippen LogP contribution is 2.27. The minimum atomic E-state index is -0.267. The monoisotopic (exact) mass is 426 g/mol. The summed E-state index contributed by atoms with van der Waals surface area (Å²) < 4.78 is 23.7. The Kier molecular flexibility index (Phi) is 8.06. The van der Waals surface area contributed by atoms with Gasteiger partial charge in [-0.15, -0.1) is 0 Å². The first-order valence-corrected chi connectivity index (χ1v) is 10.6. The lowest BCUT2D eigenvalue weighted by Gasteiger charge is -2.20. The van der Waals surface area contributed by atoms with Crippen LogP contribution in [0.15, 0.2) is 48.0 Å². The summed E-state index contributed by atoms with van der Waals surface area (Å²) in [5.74, 6) is 1.32. The Hall–Kier alpha value is -2.86. The van der Waals surface area contributed by atoms with Crippen LogP contribution in [0.2, 0.25) is 0 Å². The van der Waals surface area contributed by atoms with Crippen molar-refractivity contribution in [1.82, 2.24) is 9.80 Å². The standard InChI is InChI=1S/C25H31FN2O3/c1-27(15-11-20-7-10-23(30-2)24(18-20)31-3)13-4-14-28-16-12-21(25(28)29)17-19-5-8-22(26)9-6-19/h5-10,17-18H,4,11-16H2,1-3H3. The zero-order valence-electron chi connectivity index (χ0n) is 18.6. The molecule has 1 aliphatic rings. The smallest absolute Gasteiger partial charge is 0.249 e. The van der Waals surface area contributed by atoms with E-state index in [0.29, 0.717) is 0 Å². The lowest BCUT2D eigenvalue weighted by Crippen LogP contribution is -2.30. The molecule has 0 radical (unpaired) electrons. The molecular weight excluding hydrogens is 395 g/mol. The van der Waals surface area contributed by atoms with Crippen molar-refractivity contribution < 1.29 is 18.7 Å². The van der Waals surface area contributed by atoms with Gasteiger partial charge in [0.1, 0.15) is 5.82 Å². The second kappa shape index (κ2) is 11.0. The highest BCUT2D eigenvalue weighted by Gasteiger charge is 2.25. The second-order valence-corrected chi connectivity index (χ2v) is 7.86. The number of likely N-dealkylation sites (N-methyl/N-ethyl adjacent to an activating group) is 1. The van der Waals surface area contributed by atoms with Gasteiger partial charge in [-0.2, -0.15) is 0 Å². The van der Waals surface area contributed by atoms with Crippen molar-refractivity contribution in [2.75, 3.05) is 47.4 Å². The maximum absolute atomic E-state index is 13.0. The van der Waals surface area contributed by atoms with E-state index in [2.05, 4.69) is 18.0 Å². The maximum atomic E-state index is 13.0. The van der Waals surface area contributed by atoms with Gasteiger partial charge >= 0.3 is 0 Å². The molecule has 3 rings (SSSR count). The summed E-state index contributed by atoms with van der Waals surface area (Å²) in [5, 5.41) is 0. The van der Waals surface area contributed by atoms with Gasteiger partial charge in [0.05, 0.1) is 14.2 Å². The second-order valence-electron chi connectivity index (χ2n) is 7.86. The van der Waals surface area contributed by atoms with E-state index in [4.69, 9.17) is 9.47 Å². The van der Waals surface area contributed by atoms with E-state index >= 15 is 0 Å². The Morgan fingerprint density at radius 1 is 1.06 bits per heavy atom. The average molecular weight is 427 g/mol. The van der Waals surface area contributed by atoms with Gasteiger partial charge in [-0.3, -0.25) is 4.79 Å². The molecule has 0 bridgehead atoms. The van der Waals surface area contributed by atoms with Gasteiger partial charge in [-0.05, 0) is 74.3 Å². The summed E-state index contributed by atoms with van der Waals surface area (Å²) in [4.78, 5) is 16.8. The summed E-state index contributed by atoms with van der Waals surface area (Å²) in [6.07, 6.45) is 4.46. The molecule has 1 saturated heterocycles. The van der Waals surface area contributed by atoms with Crippen molar-refractivity contribution >= 4 is 12.0 Å². The van der Waals surface area contributed by atoms with Crippen LogP contribution in [0, 0.1) is 5.82 Å². The molecule has 0 aliphatic carbocycles. The third-order valence-electron chi connectivity index (χ3n) is 5.62. The number of rotatable bonds is 10. The van der Waals surface area contributed by atoms with Crippen molar-refractivity contribution in [2.45, 2.75) is 19.3 Å². The van der Waals surface area contributed by atoms with Gasteiger partial charge < -0.3 is 19.3 Å². The Labute approximate surface area is 184 Å². The fourth-order valence-corrected chi connectivity index (χ4v) is 3.77. The predicted octanol–water partition coefficient (Wildman–Crippen LogP) is 4.02. The molecule has 1 heterocycles. The number of hydrogen-bond acceptors (Lipinski definition) is 4. The van der Waals surface area contributed by atoms with Gasteiger partial charge in [0, 0.05) is 25.2 Å². The van der Waals surface area contributed by atoms with Crippen molar-refractivity contribution in [3.63, 3.8) is 0 Å². The molecule has 0 N–H and O–H groups in total. The molecule has 1 aliphatic heterocycles. The van der Waals surface area contributed by atoms with E-state index in [0.717, 1.165) is 68.1 Å². The lowest BCUT2D eigenvalue weighted by atomic mass is 10.1. The zero-order chi connectivity index (χ0) is 22.2. The molecule has 0 unspecified atom stereocenters. The molecule has 0 atom stereocenters. The molecule has 1 amide bonds. The Morgan fingerprint density at radius 3 is 2.52 bits per heavy atom. The number of methoxy groups -OCH3 is 2. The number of halogens is 1. The number of nitrogens with zero attached hydrogens (tertiary/aromatic N) is 2. The maximum Gasteiger partial charge on any atom is 0.249 e. The van der Waals surface area contributed by atoms with Gasteiger partial charge in [-0.1, -0.05) is 18.2 Å². The number of benzene rings is 2. The number of likely N-dealkylation sites (tertiary alicyclic amines) is 1. The molecule has 31 heavy (non-hydrogen) atoms. The molecule has 166 valence electrons. The first kappa shape index (κ1) is 22.8. The number of ether oxygens (including phenoxy) is 2. The topological polar surface area (TPSA) is 42.0 Å². The van der Waals surface area contributed by atoms with Crippen LogP contribution in [0.5, 0.6) is 11.5 Å². The van der Waals surface area contributed by atoms with E-state index in [1.807, 2.05) is 23.1 Å². The van der Waals surface area contributed by atoms with Crippen molar-refractivity contribution in [3.05, 3.63) is 65.0 Å². The van der Waals surface area contributed by atoms with Crippen molar-refractivity contribution in [1.29, 1.82) is 0 Å². The molecular formula is C25H31FN2O3. The van der Waals surface area contributed by atoms with E-state index < -0.39 is 0 Å². The van der Waals surface area contributed by atoms with Crippen molar-refractivity contribution in [3.8, 4) is 11.5 Å². The molecule has 1 fully saturated rings. The zero-order valence-corrected chi connectivity index (χ0v) is 18.6. The van der Waals surface area contributed by atoms with Crippen LogP contribution in [-0.2, 0) is 11.2 Å². The van der Waals surface area contributed by atoms with Crippen LogP contribution in [0.4, 0.5) is 4.39 Å². The largest absolute Gasteiger partial charge is 0.493 e. The third kappa shape index (κ3) is 6.31. The van der Waals surface area contributed by atoms with Crippen LogP contribution in [0.25, 0.3) is 6.08 Å². The normalized spacial score (nSPS) is 15.2. The minimum Gasteiger partial charge on any atom is -0.493 e. The molecule has 5 nitrogen and oxygen atoms in total.